The largest absolute Gasteiger partial charge is 0.494 e. The normalized spacial score (nSPS) is 11.7. The van der Waals surface area contributed by atoms with Gasteiger partial charge in [0.2, 0.25) is 0 Å². The molecular formula is C38H48ClNO8. The first-order valence-electron chi connectivity index (χ1n) is 16.4. The van der Waals surface area contributed by atoms with Crippen molar-refractivity contribution in [2.75, 3.05) is 26.2 Å². The number of carbonyl (C=O) groups is 3. The number of hydrogen-bond donors (Lipinski definition) is 4. The Morgan fingerprint density at radius 1 is 0.667 bits per heavy atom. The van der Waals surface area contributed by atoms with Crippen molar-refractivity contribution >= 4 is 40.1 Å². The number of carboxylic acid groups (broad SMARTS) is 3. The zero-order valence-electron chi connectivity index (χ0n) is 27.8. The van der Waals surface area contributed by atoms with Crippen molar-refractivity contribution in [3.05, 3.63) is 102 Å². The molecule has 0 aliphatic heterocycles. The molecule has 48 heavy (non-hydrogen) atoms. The molecule has 260 valence electrons. The summed E-state index contributed by atoms with van der Waals surface area (Å²) >= 11 is 6.92. The number of unbranched alkanes of at least 4 members (excludes halogenated alkanes) is 5. The molecular weight excluding hydrogens is 634 g/mol. The molecule has 3 aromatic carbocycles. The number of nitrogens with zero attached hydrogens (tertiary/aromatic N) is 1. The quantitative estimate of drug-likeness (QED) is 0.0698. The Kier molecular flexibility index (Phi) is 18.0. The summed E-state index contributed by atoms with van der Waals surface area (Å²) in [6.07, 6.45) is 5.32. The third kappa shape index (κ3) is 14.3. The molecule has 0 aromatic heterocycles. The molecule has 4 N–H and O–H groups in total. The number of halogens is 1. The fourth-order valence-electron chi connectivity index (χ4n) is 5.06. The van der Waals surface area contributed by atoms with Crippen LogP contribution in [0.4, 0.5) is 0 Å². The highest BCUT2D eigenvalue weighted by Crippen LogP contribution is 2.35. The van der Waals surface area contributed by atoms with Crippen LogP contribution in [0, 0.1) is 0 Å². The van der Waals surface area contributed by atoms with Crippen LogP contribution in [0.3, 0.4) is 0 Å². The fraction of sp³-hybridized carbons (Fsp3) is 0.395. The molecule has 0 spiro atoms. The summed E-state index contributed by atoms with van der Waals surface area (Å²) in [7, 11) is 0. The molecule has 0 heterocycles. The Bertz CT molecular complexity index is 1410. The molecule has 3 rings (SSSR count). The highest BCUT2D eigenvalue weighted by Gasteiger charge is 2.40. The average molecular weight is 682 g/mol. The van der Waals surface area contributed by atoms with E-state index in [1.54, 1.807) is 0 Å². The van der Waals surface area contributed by atoms with Crippen molar-refractivity contribution in [1.29, 1.82) is 0 Å². The second-order valence-corrected chi connectivity index (χ2v) is 11.8. The summed E-state index contributed by atoms with van der Waals surface area (Å²) < 4.78 is 6.02. The Hall–Kier alpha value is -4.18. The minimum Gasteiger partial charge on any atom is -0.494 e. The van der Waals surface area contributed by atoms with Gasteiger partial charge in [-0.3, -0.25) is 9.59 Å². The number of hydrogen-bond acceptors (Lipinski definition) is 6. The number of benzene rings is 3. The van der Waals surface area contributed by atoms with Gasteiger partial charge in [-0.15, -0.1) is 0 Å². The van der Waals surface area contributed by atoms with Crippen LogP contribution in [0.5, 0.6) is 5.75 Å². The van der Waals surface area contributed by atoms with Crippen molar-refractivity contribution < 1.29 is 39.5 Å². The summed E-state index contributed by atoms with van der Waals surface area (Å²) in [5, 5.41) is 34.6. The predicted molar refractivity (Wildman–Crippen MR) is 189 cm³/mol. The van der Waals surface area contributed by atoms with Gasteiger partial charge in [0.1, 0.15) is 5.75 Å². The molecule has 0 aliphatic rings. The van der Waals surface area contributed by atoms with Crippen molar-refractivity contribution in [2.45, 2.75) is 70.8 Å². The fourth-order valence-corrected chi connectivity index (χ4v) is 5.40. The van der Waals surface area contributed by atoms with Gasteiger partial charge in [0.25, 0.3) is 0 Å². The molecule has 3 aromatic rings. The summed E-state index contributed by atoms with van der Waals surface area (Å²) in [4.78, 5) is 33.0. The number of ether oxygens (including phenoxy) is 1. The van der Waals surface area contributed by atoms with E-state index < -0.39 is 36.4 Å². The first-order valence-corrected chi connectivity index (χ1v) is 16.7. The number of carboxylic acids is 3. The number of aliphatic hydroxyl groups is 1. The van der Waals surface area contributed by atoms with Gasteiger partial charge in [0.05, 0.1) is 24.5 Å². The van der Waals surface area contributed by atoms with Crippen LogP contribution < -0.4 is 4.74 Å². The maximum absolute atomic E-state index is 10.3. The van der Waals surface area contributed by atoms with E-state index in [0.29, 0.717) is 0 Å². The second kappa shape index (κ2) is 21.6. The minimum atomic E-state index is -2.74. The highest BCUT2D eigenvalue weighted by atomic mass is 35.5. The molecule has 0 atom stereocenters. The van der Waals surface area contributed by atoms with E-state index in [4.69, 9.17) is 36.8 Å². The SMILES string of the molecule is CCN(CC)CCCCCCCCOc1ccc(/C(=C(\Cl)c2ccccc2)c2ccccc2)cc1.O=C(O)CC(O)(CC(=O)O)C(=O)O. The van der Waals surface area contributed by atoms with Crippen LogP contribution in [-0.2, 0) is 14.4 Å². The summed E-state index contributed by atoms with van der Waals surface area (Å²) in [5.74, 6) is -4.11. The van der Waals surface area contributed by atoms with E-state index in [0.717, 1.165) is 46.1 Å². The lowest BCUT2D eigenvalue weighted by atomic mass is 9.95. The predicted octanol–water partition coefficient (Wildman–Crippen LogP) is 7.65. The third-order valence-corrected chi connectivity index (χ3v) is 8.18. The molecule has 0 aliphatic carbocycles. The Morgan fingerprint density at radius 3 is 1.60 bits per heavy atom. The van der Waals surface area contributed by atoms with Crippen molar-refractivity contribution in [3.63, 3.8) is 0 Å². The topological polar surface area (TPSA) is 145 Å². The molecule has 0 unspecified atom stereocenters. The smallest absolute Gasteiger partial charge is 0.336 e. The molecule has 9 nitrogen and oxygen atoms in total. The van der Waals surface area contributed by atoms with E-state index in [1.165, 1.54) is 51.7 Å². The molecule has 0 radical (unpaired) electrons. The molecule has 0 bridgehead atoms. The summed E-state index contributed by atoms with van der Waals surface area (Å²) in [6.45, 7) is 8.83. The van der Waals surface area contributed by atoms with Gasteiger partial charge in [-0.05, 0) is 61.3 Å². The van der Waals surface area contributed by atoms with Crippen LogP contribution in [0.25, 0.3) is 10.6 Å². The van der Waals surface area contributed by atoms with Crippen LogP contribution in [-0.4, -0.2) is 75.1 Å². The standard InChI is InChI=1S/C32H40ClNO.C6H8O7/c1-3-34(4-2)25-15-7-5-6-8-16-26-35-30-23-21-28(22-24-30)31(27-17-11-9-12-18-27)32(33)29-19-13-10-14-20-29;7-3(8)1-6(13,5(11)12)2-4(9)10/h9-14,17-24H,3-8,15-16,25-26H2,1-2H3;13H,1-2H2,(H,7,8)(H,9,10)(H,11,12)/b32-31-;. The maximum atomic E-state index is 10.3. The monoisotopic (exact) mass is 681 g/mol. The van der Waals surface area contributed by atoms with Gasteiger partial charge in [0.15, 0.2) is 5.60 Å². The molecule has 10 heteroatoms. The van der Waals surface area contributed by atoms with Crippen molar-refractivity contribution in [1.82, 2.24) is 4.90 Å². The third-order valence-electron chi connectivity index (χ3n) is 7.77. The Balaban J connectivity index is 0.000000521. The Labute approximate surface area is 288 Å². The van der Waals surface area contributed by atoms with Crippen LogP contribution in [0.15, 0.2) is 84.9 Å². The lowest BCUT2D eigenvalue weighted by molar-refractivity contribution is -0.170. The van der Waals surface area contributed by atoms with E-state index in [2.05, 4.69) is 55.1 Å². The maximum Gasteiger partial charge on any atom is 0.336 e. The van der Waals surface area contributed by atoms with Crippen molar-refractivity contribution in [2.24, 2.45) is 0 Å². The lowest BCUT2D eigenvalue weighted by Gasteiger charge is -2.18. The van der Waals surface area contributed by atoms with Gasteiger partial charge in [-0.25, -0.2) is 4.79 Å². The molecule has 0 saturated heterocycles. The highest BCUT2D eigenvalue weighted by molar-refractivity contribution is 6.53. The Morgan fingerprint density at radius 2 is 1.12 bits per heavy atom. The van der Waals surface area contributed by atoms with Gasteiger partial charge < -0.3 is 30.1 Å². The van der Waals surface area contributed by atoms with E-state index >= 15 is 0 Å². The van der Waals surface area contributed by atoms with E-state index in [9.17, 15) is 14.4 Å². The first-order chi connectivity index (χ1) is 23.0. The number of rotatable bonds is 20. The van der Waals surface area contributed by atoms with E-state index in [-0.39, 0.29) is 0 Å². The van der Waals surface area contributed by atoms with E-state index in [1.807, 2.05) is 48.5 Å². The van der Waals surface area contributed by atoms with Gasteiger partial charge >= 0.3 is 17.9 Å². The van der Waals surface area contributed by atoms with Gasteiger partial charge in [-0.2, -0.15) is 0 Å². The summed E-state index contributed by atoms with van der Waals surface area (Å²) in [5.41, 5.74) is 1.50. The van der Waals surface area contributed by atoms with Crippen molar-refractivity contribution in [3.8, 4) is 5.75 Å². The van der Waals surface area contributed by atoms with Crippen LogP contribution in [0.1, 0.15) is 81.9 Å². The minimum absolute atomic E-state index is 0.752. The van der Waals surface area contributed by atoms with Gasteiger partial charge in [-0.1, -0.05) is 124 Å². The van der Waals surface area contributed by atoms with Crippen LogP contribution in [0.2, 0.25) is 0 Å². The molecule has 0 fully saturated rings. The molecule has 0 saturated carbocycles. The average Bonchev–Trinajstić information content (AvgIpc) is 3.07. The lowest BCUT2D eigenvalue weighted by Crippen LogP contribution is -2.42. The van der Waals surface area contributed by atoms with Gasteiger partial charge in [0, 0.05) is 5.57 Å². The molecule has 0 amide bonds. The summed E-state index contributed by atoms with van der Waals surface area (Å²) in [6, 6.07) is 28.8. The zero-order chi connectivity index (χ0) is 35.4. The zero-order valence-corrected chi connectivity index (χ0v) is 28.6. The number of aliphatic carboxylic acids is 3. The second-order valence-electron chi connectivity index (χ2n) is 11.4. The first kappa shape index (κ1) is 40.0. The van der Waals surface area contributed by atoms with Crippen LogP contribution >= 0.6 is 11.6 Å².